The molecule has 0 bridgehead atoms. The molecular weight excluding hydrogens is 414 g/mol. The molecular formula is C28H43NO4. The predicted molar refractivity (Wildman–Crippen MR) is 133 cm³/mol. The summed E-state index contributed by atoms with van der Waals surface area (Å²) in [6.45, 7) is 10.6. The van der Waals surface area contributed by atoms with Crippen molar-refractivity contribution >= 4 is 5.97 Å². The van der Waals surface area contributed by atoms with E-state index >= 15 is 0 Å². The number of hydrogen-bond acceptors (Lipinski definition) is 5. The van der Waals surface area contributed by atoms with Gasteiger partial charge in [0.1, 0.15) is 11.5 Å². The van der Waals surface area contributed by atoms with E-state index in [1.165, 1.54) is 24.0 Å². The molecule has 0 spiro atoms. The number of carbonyl (C=O) groups excluding carboxylic acids is 1. The minimum atomic E-state index is -0.167. The standard InChI is InChI=1S/C28H43NO4/c1-5-7-8-9-22-19-25(31-4)28(24-18-21(3)10-11-23(24)6-2)26(20-22)33-27(30)12-13-29-14-16-32-17-15-29/h18-20,23-24H,5-17H2,1-4H3/t23-,24?/m1/s1. The van der Waals surface area contributed by atoms with Crippen LogP contribution in [0, 0.1) is 5.92 Å². The number of esters is 1. The Morgan fingerprint density at radius 2 is 1.91 bits per heavy atom. The van der Waals surface area contributed by atoms with Gasteiger partial charge >= 0.3 is 5.97 Å². The largest absolute Gasteiger partial charge is 0.496 e. The molecule has 1 fully saturated rings. The van der Waals surface area contributed by atoms with Crippen LogP contribution >= 0.6 is 0 Å². The first-order chi connectivity index (χ1) is 16.0. The Bertz CT molecular complexity index is 797. The first kappa shape index (κ1) is 25.8. The highest BCUT2D eigenvalue weighted by atomic mass is 16.5. The Morgan fingerprint density at radius 1 is 1.15 bits per heavy atom. The van der Waals surface area contributed by atoms with Gasteiger partial charge in [-0.3, -0.25) is 9.69 Å². The van der Waals surface area contributed by atoms with Crippen LogP contribution in [0.5, 0.6) is 11.5 Å². The first-order valence-corrected chi connectivity index (χ1v) is 12.9. The first-order valence-electron chi connectivity index (χ1n) is 12.9. The Balaban J connectivity index is 1.87. The Labute approximate surface area is 200 Å². The van der Waals surface area contributed by atoms with Gasteiger partial charge in [-0.2, -0.15) is 0 Å². The molecule has 2 atom stereocenters. The number of allylic oxidation sites excluding steroid dienone is 2. The third-order valence-corrected chi connectivity index (χ3v) is 7.15. The van der Waals surface area contributed by atoms with E-state index in [1.54, 1.807) is 7.11 Å². The SMILES string of the molecule is CCCCCc1cc(OC)c(C2C=C(C)CC[C@H]2CC)c(OC(=O)CCN2CCOCC2)c1. The average Bonchev–Trinajstić information content (AvgIpc) is 2.83. The van der Waals surface area contributed by atoms with Crippen LogP contribution in [0.3, 0.4) is 0 Å². The maximum atomic E-state index is 12.9. The number of aryl methyl sites for hydroxylation is 1. The summed E-state index contributed by atoms with van der Waals surface area (Å²) in [5.74, 6) is 2.13. The van der Waals surface area contributed by atoms with E-state index in [4.69, 9.17) is 14.2 Å². The van der Waals surface area contributed by atoms with Crippen molar-refractivity contribution in [3.05, 3.63) is 34.9 Å². The summed E-state index contributed by atoms with van der Waals surface area (Å²) in [6, 6.07) is 4.27. The van der Waals surface area contributed by atoms with Crippen LogP contribution in [-0.2, 0) is 16.0 Å². The Kier molecular flexibility index (Phi) is 10.3. The molecule has 5 heteroatoms. The zero-order valence-electron chi connectivity index (χ0n) is 21.2. The molecule has 1 aliphatic carbocycles. The molecule has 0 aromatic heterocycles. The predicted octanol–water partition coefficient (Wildman–Crippen LogP) is 5.91. The van der Waals surface area contributed by atoms with E-state index in [0.29, 0.717) is 24.6 Å². The molecule has 184 valence electrons. The van der Waals surface area contributed by atoms with Crippen molar-refractivity contribution in [2.45, 2.75) is 78.1 Å². The Hall–Kier alpha value is -1.85. The van der Waals surface area contributed by atoms with Crippen molar-refractivity contribution in [3.8, 4) is 11.5 Å². The molecule has 5 nitrogen and oxygen atoms in total. The minimum absolute atomic E-state index is 0.167. The molecule has 0 radical (unpaired) electrons. The molecule has 1 heterocycles. The van der Waals surface area contributed by atoms with Crippen molar-refractivity contribution in [1.82, 2.24) is 4.90 Å². The summed E-state index contributed by atoms with van der Waals surface area (Å²) in [4.78, 5) is 15.2. The highest BCUT2D eigenvalue weighted by molar-refractivity contribution is 5.74. The van der Waals surface area contributed by atoms with E-state index in [2.05, 4.69) is 43.9 Å². The van der Waals surface area contributed by atoms with Crippen molar-refractivity contribution < 1.29 is 19.0 Å². The van der Waals surface area contributed by atoms with Gasteiger partial charge in [-0.1, -0.05) is 44.8 Å². The Morgan fingerprint density at radius 3 is 2.61 bits per heavy atom. The molecule has 2 aliphatic rings. The summed E-state index contributed by atoms with van der Waals surface area (Å²) in [6.07, 6.45) is 10.6. The lowest BCUT2D eigenvalue weighted by molar-refractivity contribution is -0.135. The number of ether oxygens (including phenoxy) is 3. The number of hydrogen-bond donors (Lipinski definition) is 0. The smallest absolute Gasteiger partial charge is 0.312 e. The molecule has 1 aromatic carbocycles. The van der Waals surface area contributed by atoms with E-state index < -0.39 is 0 Å². The van der Waals surface area contributed by atoms with Crippen molar-refractivity contribution in [1.29, 1.82) is 0 Å². The summed E-state index contributed by atoms with van der Waals surface area (Å²) in [5, 5.41) is 0. The van der Waals surface area contributed by atoms with Gasteiger partial charge in [-0.05, 0) is 56.2 Å². The summed E-state index contributed by atoms with van der Waals surface area (Å²) >= 11 is 0. The summed E-state index contributed by atoms with van der Waals surface area (Å²) < 4.78 is 17.4. The van der Waals surface area contributed by atoms with Crippen molar-refractivity contribution in [2.75, 3.05) is 40.0 Å². The fourth-order valence-corrected chi connectivity index (χ4v) is 5.10. The minimum Gasteiger partial charge on any atom is -0.496 e. The van der Waals surface area contributed by atoms with Crippen molar-refractivity contribution in [2.24, 2.45) is 5.92 Å². The highest BCUT2D eigenvalue weighted by Gasteiger charge is 2.30. The third-order valence-electron chi connectivity index (χ3n) is 7.15. The molecule has 1 aliphatic heterocycles. The molecule has 3 rings (SSSR count). The fourth-order valence-electron chi connectivity index (χ4n) is 5.10. The summed E-state index contributed by atoms with van der Waals surface area (Å²) in [5.41, 5.74) is 3.63. The van der Waals surface area contributed by atoms with Gasteiger partial charge in [0.2, 0.25) is 0 Å². The number of nitrogens with zero attached hydrogens (tertiary/aromatic N) is 1. The van der Waals surface area contributed by atoms with E-state index in [9.17, 15) is 4.79 Å². The molecule has 1 aromatic rings. The number of carbonyl (C=O) groups is 1. The van der Waals surface area contributed by atoms with E-state index in [-0.39, 0.29) is 11.9 Å². The second-order valence-electron chi connectivity index (χ2n) is 9.59. The molecule has 0 N–H and O–H groups in total. The number of methoxy groups -OCH3 is 1. The van der Waals surface area contributed by atoms with Crippen LogP contribution in [0.25, 0.3) is 0 Å². The van der Waals surface area contributed by atoms with Crippen LogP contribution in [0.1, 0.15) is 82.8 Å². The van der Waals surface area contributed by atoms with Crippen LogP contribution < -0.4 is 9.47 Å². The number of benzene rings is 1. The van der Waals surface area contributed by atoms with E-state index in [1.807, 2.05) is 0 Å². The quantitative estimate of drug-likeness (QED) is 0.179. The normalized spacial score (nSPS) is 21.5. The maximum absolute atomic E-state index is 12.9. The molecule has 33 heavy (non-hydrogen) atoms. The van der Waals surface area contributed by atoms with Gasteiger partial charge in [-0.25, -0.2) is 0 Å². The second-order valence-corrected chi connectivity index (χ2v) is 9.59. The number of rotatable bonds is 11. The maximum Gasteiger partial charge on any atom is 0.312 e. The highest BCUT2D eigenvalue weighted by Crippen LogP contribution is 2.46. The number of morpholine rings is 1. The van der Waals surface area contributed by atoms with Gasteiger partial charge in [0.05, 0.1) is 26.7 Å². The third kappa shape index (κ3) is 7.31. The monoisotopic (exact) mass is 457 g/mol. The molecule has 0 amide bonds. The lowest BCUT2D eigenvalue weighted by Crippen LogP contribution is -2.37. The van der Waals surface area contributed by atoms with Gasteiger partial charge in [-0.15, -0.1) is 0 Å². The van der Waals surface area contributed by atoms with Crippen LogP contribution in [0.15, 0.2) is 23.8 Å². The zero-order chi connectivity index (χ0) is 23.6. The molecule has 1 saturated heterocycles. The van der Waals surface area contributed by atoms with Gasteiger partial charge in [0, 0.05) is 31.1 Å². The van der Waals surface area contributed by atoms with Crippen LogP contribution in [0.2, 0.25) is 0 Å². The zero-order valence-corrected chi connectivity index (χ0v) is 21.2. The van der Waals surface area contributed by atoms with Gasteiger partial charge in [0.25, 0.3) is 0 Å². The van der Waals surface area contributed by atoms with Crippen molar-refractivity contribution in [3.63, 3.8) is 0 Å². The molecule has 0 saturated carbocycles. The van der Waals surface area contributed by atoms with Gasteiger partial charge < -0.3 is 14.2 Å². The number of unbranched alkanes of at least 4 members (excludes halogenated alkanes) is 2. The van der Waals surface area contributed by atoms with Gasteiger partial charge in [0.15, 0.2) is 0 Å². The van der Waals surface area contributed by atoms with Crippen LogP contribution in [-0.4, -0.2) is 50.8 Å². The second kappa shape index (κ2) is 13.1. The topological polar surface area (TPSA) is 48.0 Å². The lowest BCUT2D eigenvalue weighted by Gasteiger charge is -2.31. The fraction of sp³-hybridized carbons (Fsp3) is 0.679. The summed E-state index contributed by atoms with van der Waals surface area (Å²) in [7, 11) is 1.74. The lowest BCUT2D eigenvalue weighted by atomic mass is 9.75. The molecule has 1 unspecified atom stereocenters. The van der Waals surface area contributed by atoms with E-state index in [0.717, 1.165) is 69.7 Å². The van der Waals surface area contributed by atoms with Crippen LogP contribution in [0.4, 0.5) is 0 Å². The average molecular weight is 458 g/mol.